The summed E-state index contributed by atoms with van der Waals surface area (Å²) >= 11 is 0. The molecule has 0 saturated carbocycles. The van der Waals surface area contributed by atoms with Crippen LogP contribution in [0.15, 0.2) is 36.4 Å². The number of nitro groups is 1. The van der Waals surface area contributed by atoms with E-state index in [0.717, 1.165) is 29.7 Å². The largest absolute Gasteiger partial charge is 0.362 e. The summed E-state index contributed by atoms with van der Waals surface area (Å²) in [6.45, 7) is 6.42. The number of aryl methyl sites for hydroxylation is 1. The predicted octanol–water partition coefficient (Wildman–Crippen LogP) is 3.43. The van der Waals surface area contributed by atoms with Gasteiger partial charge in [-0.25, -0.2) is 0 Å². The number of benzene rings is 2. The second kappa shape index (κ2) is 8.94. The summed E-state index contributed by atoms with van der Waals surface area (Å²) in [7, 11) is 0. The number of rotatable bonds is 6. The molecule has 2 amide bonds. The van der Waals surface area contributed by atoms with Crippen molar-refractivity contribution < 1.29 is 14.5 Å². The highest BCUT2D eigenvalue weighted by Gasteiger charge is 2.24. The first-order valence-corrected chi connectivity index (χ1v) is 9.99. The molecule has 2 aromatic rings. The molecule has 0 fully saturated rings. The smallest absolute Gasteiger partial charge is 0.271 e. The van der Waals surface area contributed by atoms with Crippen LogP contribution in [0.1, 0.15) is 41.8 Å². The fourth-order valence-electron chi connectivity index (χ4n) is 3.64. The number of anilines is 2. The molecule has 2 N–H and O–H groups in total. The molecule has 0 radical (unpaired) electrons. The highest BCUT2D eigenvalue weighted by Crippen LogP contribution is 2.30. The van der Waals surface area contributed by atoms with Gasteiger partial charge in [-0.2, -0.15) is 0 Å². The van der Waals surface area contributed by atoms with Crippen molar-refractivity contribution in [2.24, 2.45) is 0 Å². The van der Waals surface area contributed by atoms with Gasteiger partial charge < -0.3 is 15.5 Å². The summed E-state index contributed by atoms with van der Waals surface area (Å²) in [5.74, 6) is -0.371. The molecule has 3 rings (SSSR count). The SMILES string of the molecule is Cc1ccc([N+](=O)[O-])cc1NC(=O)CN1CCCc2c(C(=O)NC(C)C)cccc21. The minimum Gasteiger partial charge on any atom is -0.362 e. The Morgan fingerprint density at radius 3 is 2.70 bits per heavy atom. The van der Waals surface area contributed by atoms with Gasteiger partial charge in [-0.05, 0) is 56.9 Å². The number of carbonyl (C=O) groups excluding carboxylic acids is 2. The standard InChI is InChI=1S/C22H26N4O4/c1-14(2)23-22(28)18-6-4-8-20-17(18)7-5-11-25(20)13-21(27)24-19-12-16(26(29)30)10-9-15(19)3/h4,6,8-10,12,14H,5,7,11,13H2,1-3H3,(H,23,28)(H,24,27). The summed E-state index contributed by atoms with van der Waals surface area (Å²) in [6.07, 6.45) is 1.61. The van der Waals surface area contributed by atoms with Crippen LogP contribution in [0.2, 0.25) is 0 Å². The molecule has 0 bridgehead atoms. The molecule has 1 aliphatic rings. The molecular formula is C22H26N4O4. The fourth-order valence-corrected chi connectivity index (χ4v) is 3.64. The van der Waals surface area contributed by atoms with E-state index in [1.54, 1.807) is 13.0 Å². The van der Waals surface area contributed by atoms with Gasteiger partial charge in [-0.1, -0.05) is 12.1 Å². The van der Waals surface area contributed by atoms with E-state index in [0.29, 0.717) is 17.8 Å². The number of non-ortho nitro benzene ring substituents is 1. The summed E-state index contributed by atoms with van der Waals surface area (Å²) in [5.41, 5.74) is 3.57. The van der Waals surface area contributed by atoms with E-state index in [1.807, 2.05) is 36.9 Å². The van der Waals surface area contributed by atoms with Crippen LogP contribution in [0.25, 0.3) is 0 Å². The first kappa shape index (κ1) is 21.3. The van der Waals surface area contributed by atoms with Gasteiger partial charge in [0.05, 0.1) is 17.2 Å². The van der Waals surface area contributed by atoms with Crippen molar-refractivity contribution in [3.05, 3.63) is 63.2 Å². The van der Waals surface area contributed by atoms with Crippen LogP contribution in [0, 0.1) is 17.0 Å². The topological polar surface area (TPSA) is 105 Å². The van der Waals surface area contributed by atoms with Gasteiger partial charge in [0.2, 0.25) is 5.91 Å². The lowest BCUT2D eigenvalue weighted by Gasteiger charge is -2.32. The lowest BCUT2D eigenvalue weighted by molar-refractivity contribution is -0.384. The summed E-state index contributed by atoms with van der Waals surface area (Å²) in [4.78, 5) is 37.7. The highest BCUT2D eigenvalue weighted by atomic mass is 16.6. The number of carbonyl (C=O) groups is 2. The number of fused-ring (bicyclic) bond motifs is 1. The first-order valence-electron chi connectivity index (χ1n) is 9.99. The minimum absolute atomic E-state index is 0.0389. The Balaban J connectivity index is 1.78. The third-order valence-corrected chi connectivity index (χ3v) is 5.05. The maximum atomic E-state index is 12.7. The van der Waals surface area contributed by atoms with Crippen molar-refractivity contribution >= 4 is 28.9 Å². The number of hydrogen-bond donors (Lipinski definition) is 2. The summed E-state index contributed by atoms with van der Waals surface area (Å²) in [6, 6.07) is 10.00. The molecule has 8 heteroatoms. The normalized spacial score (nSPS) is 13.0. The van der Waals surface area contributed by atoms with Crippen LogP contribution in [-0.4, -0.2) is 35.9 Å². The molecule has 1 aliphatic heterocycles. The zero-order chi connectivity index (χ0) is 21.8. The van der Waals surface area contributed by atoms with E-state index in [4.69, 9.17) is 0 Å². The van der Waals surface area contributed by atoms with Gasteiger partial charge >= 0.3 is 0 Å². The Labute approximate surface area is 175 Å². The van der Waals surface area contributed by atoms with E-state index in [2.05, 4.69) is 10.6 Å². The molecule has 0 spiro atoms. The maximum Gasteiger partial charge on any atom is 0.271 e. The summed E-state index contributed by atoms with van der Waals surface area (Å²) < 4.78 is 0. The van der Waals surface area contributed by atoms with Gasteiger partial charge in [0.15, 0.2) is 0 Å². The highest BCUT2D eigenvalue weighted by molar-refractivity contribution is 5.99. The molecule has 2 aromatic carbocycles. The monoisotopic (exact) mass is 410 g/mol. The molecule has 8 nitrogen and oxygen atoms in total. The van der Waals surface area contributed by atoms with Crippen molar-refractivity contribution in [2.45, 2.75) is 39.7 Å². The Hall–Kier alpha value is -3.42. The second-order valence-electron chi connectivity index (χ2n) is 7.76. The molecule has 0 aromatic heterocycles. The fraction of sp³-hybridized carbons (Fsp3) is 0.364. The first-order chi connectivity index (χ1) is 14.3. The molecule has 0 unspecified atom stereocenters. The van der Waals surface area contributed by atoms with Crippen molar-refractivity contribution in [2.75, 3.05) is 23.3 Å². The van der Waals surface area contributed by atoms with Crippen LogP contribution in [-0.2, 0) is 11.2 Å². The molecule has 158 valence electrons. The minimum atomic E-state index is -0.486. The average molecular weight is 410 g/mol. The molecule has 0 aliphatic carbocycles. The Kier molecular flexibility index (Phi) is 6.34. The van der Waals surface area contributed by atoms with Crippen LogP contribution in [0.3, 0.4) is 0 Å². The van der Waals surface area contributed by atoms with E-state index < -0.39 is 4.92 Å². The van der Waals surface area contributed by atoms with Crippen LogP contribution in [0.5, 0.6) is 0 Å². The second-order valence-corrected chi connectivity index (χ2v) is 7.76. The zero-order valence-corrected chi connectivity index (χ0v) is 17.4. The molecular weight excluding hydrogens is 384 g/mol. The van der Waals surface area contributed by atoms with E-state index >= 15 is 0 Å². The number of amides is 2. The third-order valence-electron chi connectivity index (χ3n) is 5.05. The third kappa shape index (κ3) is 4.76. The Morgan fingerprint density at radius 1 is 1.23 bits per heavy atom. The van der Waals surface area contributed by atoms with Crippen LogP contribution < -0.4 is 15.5 Å². The van der Waals surface area contributed by atoms with Crippen LogP contribution in [0.4, 0.5) is 17.1 Å². The van der Waals surface area contributed by atoms with Crippen molar-refractivity contribution in [3.63, 3.8) is 0 Å². The van der Waals surface area contributed by atoms with Gasteiger partial charge in [0.25, 0.3) is 11.6 Å². The van der Waals surface area contributed by atoms with Crippen molar-refractivity contribution in [1.82, 2.24) is 5.32 Å². The Bertz CT molecular complexity index is 987. The van der Waals surface area contributed by atoms with Gasteiger partial charge in [0, 0.05) is 36.0 Å². The van der Waals surface area contributed by atoms with E-state index in [9.17, 15) is 19.7 Å². The Morgan fingerprint density at radius 2 is 2.00 bits per heavy atom. The zero-order valence-electron chi connectivity index (χ0n) is 17.4. The average Bonchev–Trinajstić information content (AvgIpc) is 2.68. The van der Waals surface area contributed by atoms with E-state index in [1.165, 1.54) is 12.1 Å². The lowest BCUT2D eigenvalue weighted by atomic mass is 9.95. The summed E-state index contributed by atoms with van der Waals surface area (Å²) in [5, 5.41) is 16.7. The van der Waals surface area contributed by atoms with Crippen molar-refractivity contribution in [1.29, 1.82) is 0 Å². The van der Waals surface area contributed by atoms with E-state index in [-0.39, 0.29) is 30.1 Å². The number of nitrogens with one attached hydrogen (secondary N) is 2. The number of hydrogen-bond acceptors (Lipinski definition) is 5. The molecule has 30 heavy (non-hydrogen) atoms. The van der Waals surface area contributed by atoms with Gasteiger partial charge in [-0.3, -0.25) is 19.7 Å². The maximum absolute atomic E-state index is 12.7. The van der Waals surface area contributed by atoms with Gasteiger partial charge in [-0.15, -0.1) is 0 Å². The quantitative estimate of drug-likeness (QED) is 0.561. The molecule has 0 atom stereocenters. The van der Waals surface area contributed by atoms with Gasteiger partial charge in [0.1, 0.15) is 0 Å². The molecule has 0 saturated heterocycles. The number of nitro benzene ring substituents is 1. The molecule has 1 heterocycles. The predicted molar refractivity (Wildman–Crippen MR) is 116 cm³/mol. The van der Waals surface area contributed by atoms with Crippen LogP contribution >= 0.6 is 0 Å². The lowest BCUT2D eigenvalue weighted by Crippen LogP contribution is -2.38. The number of nitrogens with zero attached hydrogens (tertiary/aromatic N) is 2. The van der Waals surface area contributed by atoms with Crippen molar-refractivity contribution in [3.8, 4) is 0 Å².